The third-order valence-electron chi connectivity index (χ3n) is 3.84. The molecule has 2 aliphatic rings. The van der Waals surface area contributed by atoms with Gasteiger partial charge in [-0.2, -0.15) is 0 Å². The predicted molar refractivity (Wildman–Crippen MR) is 68.9 cm³/mol. The summed E-state index contributed by atoms with van der Waals surface area (Å²) in [5, 5.41) is 3.19. The van der Waals surface area contributed by atoms with Crippen molar-refractivity contribution in [1.82, 2.24) is 15.1 Å². The molecule has 1 unspecified atom stereocenters. The normalized spacial score (nSPS) is 26.4. The molecule has 1 amide bonds. The van der Waals surface area contributed by atoms with E-state index < -0.39 is 0 Å². The van der Waals surface area contributed by atoms with Crippen molar-refractivity contribution in [2.45, 2.75) is 26.3 Å². The van der Waals surface area contributed by atoms with Crippen LogP contribution in [-0.4, -0.2) is 61.5 Å². The zero-order valence-electron chi connectivity index (χ0n) is 11.1. The highest BCUT2D eigenvalue weighted by Gasteiger charge is 2.26. The fourth-order valence-electron chi connectivity index (χ4n) is 2.56. The zero-order valence-corrected chi connectivity index (χ0v) is 11.1. The van der Waals surface area contributed by atoms with Gasteiger partial charge in [0.25, 0.3) is 0 Å². The van der Waals surface area contributed by atoms with Crippen molar-refractivity contribution in [1.29, 1.82) is 0 Å². The number of hydrogen-bond acceptors (Lipinski definition) is 3. The summed E-state index contributed by atoms with van der Waals surface area (Å²) in [6.45, 7) is 8.86. The third kappa shape index (κ3) is 2.69. The van der Waals surface area contributed by atoms with Crippen molar-refractivity contribution in [3.63, 3.8) is 0 Å². The van der Waals surface area contributed by atoms with Gasteiger partial charge in [-0.25, -0.2) is 0 Å². The second-order valence-corrected chi connectivity index (χ2v) is 5.30. The van der Waals surface area contributed by atoms with Crippen LogP contribution in [0.5, 0.6) is 0 Å². The molecule has 0 saturated carbocycles. The van der Waals surface area contributed by atoms with Crippen molar-refractivity contribution in [2.75, 3.05) is 39.8 Å². The fourth-order valence-corrected chi connectivity index (χ4v) is 2.56. The fraction of sp³-hybridized carbons (Fsp3) is 0.769. The lowest BCUT2D eigenvalue weighted by atomic mass is 10.0. The highest BCUT2D eigenvalue weighted by atomic mass is 16.2. The second-order valence-electron chi connectivity index (χ2n) is 5.30. The largest absolute Gasteiger partial charge is 0.335 e. The summed E-state index contributed by atoms with van der Waals surface area (Å²) in [6, 6.07) is 0.318. The number of amides is 1. The van der Waals surface area contributed by atoms with Crippen molar-refractivity contribution in [3.8, 4) is 0 Å². The monoisotopic (exact) mass is 237 g/mol. The van der Waals surface area contributed by atoms with Crippen LogP contribution in [0.3, 0.4) is 0 Å². The molecular formula is C13H23N3O. The number of nitrogens with zero attached hydrogens (tertiary/aromatic N) is 2. The smallest absolute Gasteiger partial charge is 0.249 e. The van der Waals surface area contributed by atoms with Gasteiger partial charge in [-0.05, 0) is 39.4 Å². The zero-order chi connectivity index (χ0) is 12.4. The standard InChI is InChI=1S/C13H23N3O/c1-10-9-15(3)5-4-6-16(10)13(17)11(2)12-7-14-8-12/h10,14H,4-9H2,1-3H3. The minimum absolute atomic E-state index is 0.240. The first-order valence-corrected chi connectivity index (χ1v) is 6.48. The van der Waals surface area contributed by atoms with Crippen LogP contribution in [0.25, 0.3) is 0 Å². The van der Waals surface area contributed by atoms with E-state index in [0.29, 0.717) is 6.04 Å². The summed E-state index contributed by atoms with van der Waals surface area (Å²) in [4.78, 5) is 16.8. The minimum Gasteiger partial charge on any atom is -0.335 e. The number of rotatable bonds is 1. The van der Waals surface area contributed by atoms with E-state index in [1.807, 2.05) is 11.8 Å². The van der Waals surface area contributed by atoms with Gasteiger partial charge in [0.2, 0.25) is 5.91 Å². The Labute approximate surface area is 104 Å². The SMILES string of the molecule is CC(C(=O)N1CCCN(C)CC1C)=C1CNC1. The molecule has 96 valence electrons. The van der Waals surface area contributed by atoms with E-state index in [1.165, 1.54) is 5.57 Å². The van der Waals surface area contributed by atoms with Crippen LogP contribution in [0, 0.1) is 0 Å². The van der Waals surface area contributed by atoms with Gasteiger partial charge in [-0.1, -0.05) is 0 Å². The van der Waals surface area contributed by atoms with E-state index in [9.17, 15) is 4.79 Å². The van der Waals surface area contributed by atoms with Crippen molar-refractivity contribution in [3.05, 3.63) is 11.1 Å². The molecule has 4 heteroatoms. The molecule has 0 aromatic heterocycles. The molecule has 2 saturated heterocycles. The Morgan fingerprint density at radius 2 is 2.06 bits per heavy atom. The Morgan fingerprint density at radius 3 is 2.65 bits per heavy atom. The highest BCUT2D eigenvalue weighted by molar-refractivity contribution is 5.94. The van der Waals surface area contributed by atoms with Crippen LogP contribution < -0.4 is 5.32 Å². The molecule has 2 heterocycles. The first kappa shape index (κ1) is 12.6. The maximum atomic E-state index is 12.4. The number of carbonyl (C=O) groups is 1. The van der Waals surface area contributed by atoms with Gasteiger partial charge in [0, 0.05) is 37.8 Å². The molecule has 1 N–H and O–H groups in total. The molecule has 0 aromatic carbocycles. The maximum Gasteiger partial charge on any atom is 0.249 e. The Bertz CT molecular complexity index is 332. The quantitative estimate of drug-likeness (QED) is 0.673. The molecule has 0 spiro atoms. The van der Waals surface area contributed by atoms with Crippen LogP contribution in [0.1, 0.15) is 20.3 Å². The van der Waals surface area contributed by atoms with Gasteiger partial charge in [0.05, 0.1) is 0 Å². The summed E-state index contributed by atoms with van der Waals surface area (Å²) < 4.78 is 0. The molecule has 2 aliphatic heterocycles. The van der Waals surface area contributed by atoms with E-state index in [2.05, 4.69) is 24.2 Å². The Kier molecular flexibility index (Phi) is 3.84. The summed E-state index contributed by atoms with van der Waals surface area (Å²) in [6.07, 6.45) is 1.08. The lowest BCUT2D eigenvalue weighted by Crippen LogP contribution is -2.44. The van der Waals surface area contributed by atoms with Gasteiger partial charge in [-0.15, -0.1) is 0 Å². The minimum atomic E-state index is 0.240. The van der Waals surface area contributed by atoms with Crippen LogP contribution in [-0.2, 0) is 4.79 Å². The lowest BCUT2D eigenvalue weighted by molar-refractivity contribution is -0.128. The summed E-state index contributed by atoms with van der Waals surface area (Å²) in [7, 11) is 2.13. The summed E-state index contributed by atoms with van der Waals surface area (Å²) in [5.41, 5.74) is 2.24. The maximum absolute atomic E-state index is 12.4. The number of likely N-dealkylation sites (N-methyl/N-ethyl adjacent to an activating group) is 1. The number of nitrogens with one attached hydrogen (secondary N) is 1. The van der Waals surface area contributed by atoms with E-state index in [4.69, 9.17) is 0 Å². The van der Waals surface area contributed by atoms with Crippen molar-refractivity contribution in [2.24, 2.45) is 0 Å². The Hall–Kier alpha value is -0.870. The van der Waals surface area contributed by atoms with Gasteiger partial charge < -0.3 is 15.1 Å². The van der Waals surface area contributed by atoms with E-state index >= 15 is 0 Å². The average molecular weight is 237 g/mol. The molecule has 2 rings (SSSR count). The molecule has 2 fully saturated rings. The van der Waals surface area contributed by atoms with Crippen molar-refractivity contribution < 1.29 is 4.79 Å². The van der Waals surface area contributed by atoms with Gasteiger partial charge in [0.15, 0.2) is 0 Å². The highest BCUT2D eigenvalue weighted by Crippen LogP contribution is 2.16. The van der Waals surface area contributed by atoms with Crippen LogP contribution in [0.2, 0.25) is 0 Å². The van der Waals surface area contributed by atoms with Gasteiger partial charge >= 0.3 is 0 Å². The van der Waals surface area contributed by atoms with E-state index in [-0.39, 0.29) is 5.91 Å². The van der Waals surface area contributed by atoms with E-state index in [0.717, 1.165) is 44.7 Å². The van der Waals surface area contributed by atoms with Crippen molar-refractivity contribution >= 4 is 5.91 Å². The predicted octanol–water partition coefficient (Wildman–Crippen LogP) is 0.459. The number of carbonyl (C=O) groups excluding carboxylic acids is 1. The molecule has 1 atom stereocenters. The van der Waals surface area contributed by atoms with Crippen LogP contribution >= 0.6 is 0 Å². The first-order valence-electron chi connectivity index (χ1n) is 6.48. The van der Waals surface area contributed by atoms with Crippen LogP contribution in [0.15, 0.2) is 11.1 Å². The Balaban J connectivity index is 2.07. The topological polar surface area (TPSA) is 35.6 Å². The molecule has 4 nitrogen and oxygen atoms in total. The first-order chi connectivity index (χ1) is 8.09. The number of hydrogen-bond donors (Lipinski definition) is 1. The summed E-state index contributed by atoms with van der Waals surface area (Å²) >= 11 is 0. The second kappa shape index (κ2) is 5.19. The van der Waals surface area contributed by atoms with Crippen LogP contribution in [0.4, 0.5) is 0 Å². The van der Waals surface area contributed by atoms with Gasteiger partial charge in [0.1, 0.15) is 0 Å². The third-order valence-corrected chi connectivity index (χ3v) is 3.84. The van der Waals surface area contributed by atoms with Gasteiger partial charge in [-0.3, -0.25) is 4.79 Å². The Morgan fingerprint density at radius 1 is 1.35 bits per heavy atom. The molecule has 0 aliphatic carbocycles. The average Bonchev–Trinajstić information content (AvgIpc) is 2.35. The molecule has 0 bridgehead atoms. The molecule has 0 radical (unpaired) electrons. The van der Waals surface area contributed by atoms with E-state index in [1.54, 1.807) is 0 Å². The lowest BCUT2D eigenvalue weighted by Gasteiger charge is -2.30. The molecule has 0 aromatic rings. The molecule has 17 heavy (non-hydrogen) atoms. The molecular weight excluding hydrogens is 214 g/mol. The summed E-state index contributed by atoms with van der Waals surface area (Å²) in [5.74, 6) is 0.240.